The molecule has 1 aromatic heterocycles. The van der Waals surface area contributed by atoms with Crippen molar-refractivity contribution in [2.45, 2.75) is 26.2 Å². The molecule has 28 heavy (non-hydrogen) atoms. The van der Waals surface area contributed by atoms with E-state index in [-0.39, 0.29) is 5.41 Å². The average molecular weight is 360 g/mol. The van der Waals surface area contributed by atoms with Gasteiger partial charge in [-0.1, -0.05) is 87.5 Å². The van der Waals surface area contributed by atoms with E-state index in [2.05, 4.69) is 87.5 Å². The zero-order chi connectivity index (χ0) is 19.0. The summed E-state index contributed by atoms with van der Waals surface area (Å²) in [4.78, 5) is 10.2. The summed E-state index contributed by atoms with van der Waals surface area (Å²) in [5, 5.41) is 9.96. The molecular weight excluding hydrogens is 340 g/mol. The highest BCUT2D eigenvalue weighted by Gasteiger charge is 2.23. The Morgan fingerprint density at radius 1 is 0.500 bits per heavy atom. The summed E-state index contributed by atoms with van der Waals surface area (Å²) in [6.07, 6.45) is 0. The zero-order valence-electron chi connectivity index (χ0n) is 16.2. The minimum atomic E-state index is -0.118. The van der Waals surface area contributed by atoms with E-state index in [1.54, 1.807) is 0 Å². The monoisotopic (exact) mass is 360 g/mol. The van der Waals surface area contributed by atoms with E-state index in [4.69, 9.17) is 9.97 Å². The summed E-state index contributed by atoms with van der Waals surface area (Å²) in [5.74, 6) is 0.897. The Bertz CT molecular complexity index is 1430. The predicted molar refractivity (Wildman–Crippen MR) is 119 cm³/mol. The van der Waals surface area contributed by atoms with Gasteiger partial charge in [-0.05, 0) is 21.5 Å². The van der Waals surface area contributed by atoms with Crippen LogP contribution in [0.25, 0.3) is 54.1 Å². The zero-order valence-corrected chi connectivity index (χ0v) is 16.2. The van der Waals surface area contributed by atoms with Crippen molar-refractivity contribution < 1.29 is 0 Å². The maximum absolute atomic E-state index is 5.12. The fraction of sp³-hybridized carbons (Fsp3) is 0.154. The molecule has 0 amide bonds. The second kappa shape index (κ2) is 5.17. The maximum atomic E-state index is 5.12. The van der Waals surface area contributed by atoms with Crippen molar-refractivity contribution in [3.05, 3.63) is 72.6 Å². The molecule has 5 aromatic carbocycles. The number of nitrogens with zero attached hydrogens (tertiary/aromatic N) is 2. The molecule has 1 heterocycles. The highest BCUT2D eigenvalue weighted by Crippen LogP contribution is 2.43. The number of fused-ring (bicyclic) bond motifs is 6. The Morgan fingerprint density at radius 3 is 1.39 bits per heavy atom. The molecule has 0 atom stereocenters. The molecule has 0 aliphatic heterocycles. The van der Waals surface area contributed by atoms with Crippen molar-refractivity contribution >= 4 is 54.1 Å². The fourth-order valence-corrected chi connectivity index (χ4v) is 4.54. The Balaban J connectivity index is 2.07. The number of rotatable bonds is 0. The van der Waals surface area contributed by atoms with Crippen molar-refractivity contribution in [3.8, 4) is 0 Å². The Morgan fingerprint density at radius 2 is 0.929 bits per heavy atom. The van der Waals surface area contributed by atoms with Crippen LogP contribution >= 0.6 is 0 Å². The van der Waals surface area contributed by atoms with Crippen molar-refractivity contribution in [2.24, 2.45) is 0 Å². The van der Waals surface area contributed by atoms with Crippen LogP contribution < -0.4 is 0 Å². The van der Waals surface area contributed by atoms with Crippen molar-refractivity contribution in [1.29, 1.82) is 0 Å². The van der Waals surface area contributed by atoms with Gasteiger partial charge < -0.3 is 0 Å². The number of hydrogen-bond acceptors (Lipinski definition) is 2. The smallest absolute Gasteiger partial charge is 0.135 e. The minimum Gasteiger partial charge on any atom is -0.232 e. The Hall–Kier alpha value is -3.26. The molecule has 0 N–H and O–H groups in total. The topological polar surface area (TPSA) is 25.8 Å². The second-order valence-corrected chi connectivity index (χ2v) is 8.69. The molecule has 0 aliphatic carbocycles. The van der Waals surface area contributed by atoms with Crippen LogP contribution in [0.2, 0.25) is 0 Å². The third-order valence-corrected chi connectivity index (χ3v) is 5.84. The van der Waals surface area contributed by atoms with Crippen LogP contribution in [-0.4, -0.2) is 9.97 Å². The normalized spacial score (nSPS) is 12.8. The number of hydrogen-bond donors (Lipinski definition) is 0. The quantitative estimate of drug-likeness (QED) is 0.216. The van der Waals surface area contributed by atoms with Gasteiger partial charge in [-0.15, -0.1) is 0 Å². The van der Waals surface area contributed by atoms with E-state index in [1.807, 2.05) is 0 Å². The van der Waals surface area contributed by atoms with Gasteiger partial charge in [0.1, 0.15) is 5.82 Å². The van der Waals surface area contributed by atoms with Gasteiger partial charge in [-0.2, -0.15) is 0 Å². The molecule has 0 saturated heterocycles. The summed E-state index contributed by atoms with van der Waals surface area (Å²) in [6, 6.07) is 23.9. The van der Waals surface area contributed by atoms with E-state index >= 15 is 0 Å². The van der Waals surface area contributed by atoms with E-state index in [0.29, 0.717) is 0 Å². The van der Waals surface area contributed by atoms with Crippen LogP contribution in [0.1, 0.15) is 26.6 Å². The van der Waals surface area contributed by atoms with E-state index in [9.17, 15) is 0 Å². The summed E-state index contributed by atoms with van der Waals surface area (Å²) in [6.45, 7) is 6.55. The first kappa shape index (κ1) is 15.8. The minimum absolute atomic E-state index is 0.118. The molecule has 2 nitrogen and oxygen atoms in total. The molecule has 2 heteroatoms. The number of aromatic nitrogens is 2. The van der Waals surface area contributed by atoms with Gasteiger partial charge in [0.15, 0.2) is 0 Å². The van der Waals surface area contributed by atoms with Gasteiger partial charge >= 0.3 is 0 Å². The van der Waals surface area contributed by atoms with Gasteiger partial charge in [0.25, 0.3) is 0 Å². The molecular formula is C26H20N2. The van der Waals surface area contributed by atoms with Gasteiger partial charge in [-0.25, -0.2) is 9.97 Å². The molecule has 0 saturated carbocycles. The summed E-state index contributed by atoms with van der Waals surface area (Å²) < 4.78 is 0. The highest BCUT2D eigenvalue weighted by molar-refractivity contribution is 6.38. The van der Waals surface area contributed by atoms with Crippen LogP contribution in [0.15, 0.2) is 66.7 Å². The van der Waals surface area contributed by atoms with Crippen LogP contribution in [0.5, 0.6) is 0 Å². The molecule has 0 aliphatic rings. The van der Waals surface area contributed by atoms with Crippen LogP contribution in [0.3, 0.4) is 0 Å². The van der Waals surface area contributed by atoms with E-state index in [1.165, 1.54) is 43.1 Å². The van der Waals surface area contributed by atoms with Gasteiger partial charge in [0, 0.05) is 27.0 Å². The molecule has 6 rings (SSSR count). The largest absolute Gasteiger partial charge is 0.232 e. The van der Waals surface area contributed by atoms with Crippen molar-refractivity contribution in [1.82, 2.24) is 9.97 Å². The first-order chi connectivity index (χ1) is 13.5. The predicted octanol–water partition coefficient (Wildman–Crippen LogP) is 6.98. The van der Waals surface area contributed by atoms with Gasteiger partial charge in [0.2, 0.25) is 0 Å². The Labute approximate surface area is 163 Å². The van der Waals surface area contributed by atoms with Crippen LogP contribution in [-0.2, 0) is 5.41 Å². The second-order valence-electron chi connectivity index (χ2n) is 8.69. The van der Waals surface area contributed by atoms with Crippen LogP contribution in [0.4, 0.5) is 0 Å². The Kier molecular flexibility index (Phi) is 2.91. The van der Waals surface area contributed by atoms with Gasteiger partial charge in [0.05, 0.1) is 11.0 Å². The first-order valence-corrected chi connectivity index (χ1v) is 9.79. The third-order valence-electron chi connectivity index (χ3n) is 5.84. The lowest BCUT2D eigenvalue weighted by molar-refractivity contribution is 0.551. The lowest BCUT2D eigenvalue weighted by atomic mass is 9.88. The van der Waals surface area contributed by atoms with Gasteiger partial charge in [-0.3, -0.25) is 0 Å². The number of benzene rings is 5. The standard InChI is InChI=1S/C26H20N2/c1-26(2,3)25-27-23-19-11-6-4-9-15(19)17-13-8-14-18-16-10-5-7-12-20(16)24(28-25)22(23)21(17)18/h4-14H,1-3H3. The lowest BCUT2D eigenvalue weighted by Gasteiger charge is -2.21. The first-order valence-electron chi connectivity index (χ1n) is 9.79. The molecule has 0 bridgehead atoms. The molecule has 0 spiro atoms. The highest BCUT2D eigenvalue weighted by atomic mass is 14.9. The lowest BCUT2D eigenvalue weighted by Crippen LogP contribution is -2.16. The van der Waals surface area contributed by atoms with Crippen molar-refractivity contribution in [2.75, 3.05) is 0 Å². The van der Waals surface area contributed by atoms with Crippen LogP contribution in [0, 0.1) is 0 Å². The van der Waals surface area contributed by atoms with E-state index in [0.717, 1.165) is 16.9 Å². The summed E-state index contributed by atoms with van der Waals surface area (Å²) in [5.41, 5.74) is 2.02. The summed E-state index contributed by atoms with van der Waals surface area (Å²) in [7, 11) is 0. The van der Waals surface area contributed by atoms with E-state index < -0.39 is 0 Å². The molecule has 0 radical (unpaired) electrons. The summed E-state index contributed by atoms with van der Waals surface area (Å²) >= 11 is 0. The molecule has 6 aromatic rings. The maximum Gasteiger partial charge on any atom is 0.135 e. The molecule has 134 valence electrons. The SMILES string of the molecule is CC(C)(C)c1nc2c3ccccc3c3cccc4c5ccccc5c(n1)c2c34. The molecule has 0 unspecified atom stereocenters. The molecule has 0 fully saturated rings. The average Bonchev–Trinajstić information content (AvgIpc) is 2.72. The van der Waals surface area contributed by atoms with Crippen molar-refractivity contribution in [3.63, 3.8) is 0 Å². The third kappa shape index (κ3) is 1.92. The fourth-order valence-electron chi connectivity index (χ4n) is 4.54.